The molecular weight excluding hydrogens is 290 g/mol. The monoisotopic (exact) mass is 309 g/mol. The van der Waals surface area contributed by atoms with Crippen molar-refractivity contribution in [3.05, 3.63) is 30.3 Å². The molecule has 1 N–H and O–H groups in total. The fourth-order valence-corrected chi connectivity index (χ4v) is 3.05. The molecule has 1 aromatic carbocycles. The quantitative estimate of drug-likeness (QED) is 0.642. The Kier molecular flexibility index (Phi) is 6.07. The summed E-state index contributed by atoms with van der Waals surface area (Å²) in [6.45, 7) is 0.857. The van der Waals surface area contributed by atoms with E-state index in [0.29, 0.717) is 19.6 Å². The van der Waals surface area contributed by atoms with Crippen LogP contribution >= 0.6 is 11.8 Å². The molecule has 1 aliphatic heterocycles. The SMILES string of the molecule is O=C(O)C1COCCN1C(=O)CCCSc1ccccc1. The zero-order valence-corrected chi connectivity index (χ0v) is 12.6. The second kappa shape index (κ2) is 8.05. The number of ether oxygens (including phenoxy) is 1. The van der Waals surface area contributed by atoms with Crippen molar-refractivity contribution in [2.24, 2.45) is 0 Å². The lowest BCUT2D eigenvalue weighted by Crippen LogP contribution is -2.52. The van der Waals surface area contributed by atoms with Gasteiger partial charge in [-0.1, -0.05) is 18.2 Å². The summed E-state index contributed by atoms with van der Waals surface area (Å²) in [6.07, 6.45) is 1.12. The van der Waals surface area contributed by atoms with E-state index in [9.17, 15) is 9.59 Å². The number of nitrogens with zero attached hydrogens (tertiary/aromatic N) is 1. The van der Waals surface area contributed by atoms with Crippen LogP contribution in [0.3, 0.4) is 0 Å². The second-order valence-corrected chi connectivity index (χ2v) is 5.95. The highest BCUT2D eigenvalue weighted by Crippen LogP contribution is 2.19. The molecule has 0 aliphatic carbocycles. The Balaban J connectivity index is 1.74. The number of rotatable bonds is 6. The number of carbonyl (C=O) groups is 2. The number of hydrogen-bond donors (Lipinski definition) is 1. The van der Waals surface area contributed by atoms with Crippen LogP contribution in [0, 0.1) is 0 Å². The number of amides is 1. The summed E-state index contributed by atoms with van der Waals surface area (Å²) in [4.78, 5) is 25.8. The molecule has 1 atom stereocenters. The van der Waals surface area contributed by atoms with Gasteiger partial charge in [0.2, 0.25) is 5.91 Å². The highest BCUT2D eigenvalue weighted by Gasteiger charge is 2.32. The molecule has 2 rings (SSSR count). The van der Waals surface area contributed by atoms with E-state index < -0.39 is 12.0 Å². The molecule has 1 amide bonds. The van der Waals surface area contributed by atoms with Crippen LogP contribution in [0.15, 0.2) is 35.2 Å². The van der Waals surface area contributed by atoms with Crippen molar-refractivity contribution in [1.29, 1.82) is 0 Å². The smallest absolute Gasteiger partial charge is 0.328 e. The van der Waals surface area contributed by atoms with Gasteiger partial charge < -0.3 is 14.7 Å². The molecule has 0 saturated carbocycles. The third-order valence-corrected chi connectivity index (χ3v) is 4.38. The molecule has 6 heteroatoms. The zero-order valence-electron chi connectivity index (χ0n) is 11.7. The van der Waals surface area contributed by atoms with E-state index in [1.54, 1.807) is 11.8 Å². The number of carboxylic acid groups (broad SMARTS) is 1. The van der Waals surface area contributed by atoms with Gasteiger partial charge in [0, 0.05) is 17.9 Å². The predicted octanol–water partition coefficient (Wildman–Crippen LogP) is 1.87. The summed E-state index contributed by atoms with van der Waals surface area (Å²) in [5.74, 6) is -0.251. The molecule has 1 heterocycles. The van der Waals surface area contributed by atoms with Gasteiger partial charge in [-0.3, -0.25) is 4.79 Å². The lowest BCUT2D eigenvalue weighted by molar-refractivity contribution is -0.158. The van der Waals surface area contributed by atoms with E-state index in [2.05, 4.69) is 0 Å². The molecule has 1 aromatic rings. The van der Waals surface area contributed by atoms with Crippen molar-refractivity contribution in [2.75, 3.05) is 25.5 Å². The third kappa shape index (κ3) is 4.75. The lowest BCUT2D eigenvalue weighted by atomic mass is 10.2. The van der Waals surface area contributed by atoms with E-state index in [1.807, 2.05) is 30.3 Å². The molecule has 0 radical (unpaired) electrons. The number of aliphatic carboxylic acids is 1. The minimum absolute atomic E-state index is 0.0832. The molecule has 1 unspecified atom stereocenters. The lowest BCUT2D eigenvalue weighted by Gasteiger charge is -2.32. The van der Waals surface area contributed by atoms with Gasteiger partial charge >= 0.3 is 5.97 Å². The molecule has 1 fully saturated rings. The summed E-state index contributed by atoms with van der Waals surface area (Å²) in [6, 6.07) is 9.17. The maximum Gasteiger partial charge on any atom is 0.328 e. The summed E-state index contributed by atoms with van der Waals surface area (Å²) in [7, 11) is 0. The molecule has 0 bridgehead atoms. The van der Waals surface area contributed by atoms with Crippen LogP contribution in [0.1, 0.15) is 12.8 Å². The van der Waals surface area contributed by atoms with Gasteiger partial charge in [-0.05, 0) is 24.3 Å². The first-order valence-electron chi connectivity index (χ1n) is 6.96. The van der Waals surface area contributed by atoms with Crippen LogP contribution in [0.25, 0.3) is 0 Å². The van der Waals surface area contributed by atoms with Gasteiger partial charge in [-0.2, -0.15) is 0 Å². The number of benzene rings is 1. The summed E-state index contributed by atoms with van der Waals surface area (Å²) >= 11 is 1.70. The summed E-state index contributed by atoms with van der Waals surface area (Å²) < 4.78 is 5.13. The van der Waals surface area contributed by atoms with E-state index in [0.717, 1.165) is 12.2 Å². The van der Waals surface area contributed by atoms with Gasteiger partial charge in [-0.25, -0.2) is 4.79 Å². The normalized spacial score (nSPS) is 18.5. The average molecular weight is 309 g/mol. The van der Waals surface area contributed by atoms with E-state index in [4.69, 9.17) is 9.84 Å². The topological polar surface area (TPSA) is 66.8 Å². The van der Waals surface area contributed by atoms with Gasteiger partial charge in [0.25, 0.3) is 0 Å². The highest BCUT2D eigenvalue weighted by molar-refractivity contribution is 7.99. The summed E-state index contributed by atoms with van der Waals surface area (Å²) in [5.41, 5.74) is 0. The van der Waals surface area contributed by atoms with Crippen molar-refractivity contribution >= 4 is 23.6 Å². The Morgan fingerprint density at radius 3 is 2.81 bits per heavy atom. The van der Waals surface area contributed by atoms with Crippen LogP contribution in [-0.4, -0.2) is 53.4 Å². The highest BCUT2D eigenvalue weighted by atomic mass is 32.2. The Morgan fingerprint density at radius 2 is 2.10 bits per heavy atom. The van der Waals surface area contributed by atoms with Crippen LogP contribution in [-0.2, 0) is 14.3 Å². The minimum atomic E-state index is -0.998. The Hall–Kier alpha value is -1.53. The fourth-order valence-electron chi connectivity index (χ4n) is 2.18. The van der Waals surface area contributed by atoms with Crippen molar-refractivity contribution in [2.45, 2.75) is 23.8 Å². The van der Waals surface area contributed by atoms with Crippen molar-refractivity contribution in [3.8, 4) is 0 Å². The van der Waals surface area contributed by atoms with Gasteiger partial charge in [0.1, 0.15) is 0 Å². The number of morpholine rings is 1. The molecule has 5 nitrogen and oxygen atoms in total. The summed E-state index contributed by atoms with van der Waals surface area (Å²) in [5, 5.41) is 9.10. The standard InChI is InChI=1S/C15H19NO4S/c17-14(16-8-9-20-11-13(16)15(18)19)7-4-10-21-12-5-2-1-3-6-12/h1-3,5-6,13H,4,7-11H2,(H,18,19). The minimum Gasteiger partial charge on any atom is -0.480 e. The molecule has 114 valence electrons. The number of carbonyl (C=O) groups excluding carboxylic acids is 1. The maximum absolute atomic E-state index is 12.1. The van der Waals surface area contributed by atoms with Gasteiger partial charge in [-0.15, -0.1) is 11.8 Å². The molecule has 1 saturated heterocycles. The Bertz CT molecular complexity index is 480. The van der Waals surface area contributed by atoms with Crippen molar-refractivity contribution in [3.63, 3.8) is 0 Å². The zero-order chi connectivity index (χ0) is 15.1. The molecule has 1 aliphatic rings. The average Bonchev–Trinajstić information content (AvgIpc) is 2.52. The fraction of sp³-hybridized carbons (Fsp3) is 0.467. The molecule has 0 aromatic heterocycles. The van der Waals surface area contributed by atoms with Crippen LogP contribution in [0.2, 0.25) is 0 Å². The largest absolute Gasteiger partial charge is 0.480 e. The first-order valence-corrected chi connectivity index (χ1v) is 7.95. The third-order valence-electron chi connectivity index (χ3n) is 3.28. The molecule has 21 heavy (non-hydrogen) atoms. The Labute approximate surface area is 128 Å². The first kappa shape index (κ1) is 15.9. The van der Waals surface area contributed by atoms with Gasteiger partial charge in [0.15, 0.2) is 6.04 Å². The molecule has 0 spiro atoms. The van der Waals surface area contributed by atoms with Gasteiger partial charge in [0.05, 0.1) is 13.2 Å². The van der Waals surface area contributed by atoms with Crippen molar-refractivity contribution < 1.29 is 19.4 Å². The second-order valence-electron chi connectivity index (χ2n) is 4.78. The van der Waals surface area contributed by atoms with Crippen LogP contribution < -0.4 is 0 Å². The first-order chi connectivity index (χ1) is 10.2. The number of thioether (sulfide) groups is 1. The van der Waals surface area contributed by atoms with E-state index in [1.165, 1.54) is 9.80 Å². The van der Waals surface area contributed by atoms with Crippen LogP contribution in [0.4, 0.5) is 0 Å². The molecular formula is C15H19NO4S. The van der Waals surface area contributed by atoms with Crippen molar-refractivity contribution in [1.82, 2.24) is 4.90 Å². The van der Waals surface area contributed by atoms with E-state index >= 15 is 0 Å². The number of hydrogen-bond acceptors (Lipinski definition) is 4. The Morgan fingerprint density at radius 1 is 1.33 bits per heavy atom. The van der Waals surface area contributed by atoms with Crippen LogP contribution in [0.5, 0.6) is 0 Å². The predicted molar refractivity (Wildman–Crippen MR) is 80.4 cm³/mol. The maximum atomic E-state index is 12.1. The number of carboxylic acids is 1. The van der Waals surface area contributed by atoms with E-state index in [-0.39, 0.29) is 12.5 Å².